The molecule has 1 aliphatic rings. The van der Waals surface area contributed by atoms with Gasteiger partial charge in [0.15, 0.2) is 0 Å². The topological polar surface area (TPSA) is 46.9 Å². The van der Waals surface area contributed by atoms with Gasteiger partial charge in [0.2, 0.25) is 5.91 Å². The molecule has 4 nitrogen and oxygen atoms in total. The Balaban J connectivity index is 1.82. The molecule has 0 unspecified atom stereocenters. The van der Waals surface area contributed by atoms with Crippen molar-refractivity contribution in [1.29, 1.82) is 0 Å². The summed E-state index contributed by atoms with van der Waals surface area (Å²) in [6, 6.07) is 0.445. The zero-order chi connectivity index (χ0) is 8.39. The van der Waals surface area contributed by atoms with Crippen LogP contribution in [0.3, 0.4) is 0 Å². The molecule has 1 amide bonds. The molecule has 0 spiro atoms. The van der Waals surface area contributed by atoms with Gasteiger partial charge in [-0.1, -0.05) is 0 Å². The van der Waals surface area contributed by atoms with Crippen molar-refractivity contribution in [3.05, 3.63) is 18.7 Å². The molecule has 0 radical (unpaired) electrons. The van der Waals surface area contributed by atoms with Crippen molar-refractivity contribution in [1.82, 2.24) is 14.9 Å². The summed E-state index contributed by atoms with van der Waals surface area (Å²) < 4.78 is 1.76. The van der Waals surface area contributed by atoms with E-state index >= 15 is 0 Å². The fourth-order valence-electron chi connectivity index (χ4n) is 1.05. The molecule has 0 bridgehead atoms. The maximum atomic E-state index is 11.2. The standard InChI is InChI=1S/C8H11N3O/c12-8(10-7-1-2-7)5-11-4-3-9-6-11/h3-4,6-7H,1-2,5H2,(H,10,12). The van der Waals surface area contributed by atoms with Crippen LogP contribution in [0.4, 0.5) is 0 Å². The lowest BCUT2D eigenvalue weighted by Crippen LogP contribution is -2.28. The van der Waals surface area contributed by atoms with Gasteiger partial charge in [0.25, 0.3) is 0 Å². The van der Waals surface area contributed by atoms with Crippen molar-refractivity contribution >= 4 is 5.91 Å². The molecule has 0 aliphatic heterocycles. The van der Waals surface area contributed by atoms with Gasteiger partial charge in [0, 0.05) is 18.4 Å². The van der Waals surface area contributed by atoms with Gasteiger partial charge in [-0.15, -0.1) is 0 Å². The number of nitrogens with zero attached hydrogens (tertiary/aromatic N) is 2. The highest BCUT2D eigenvalue weighted by atomic mass is 16.2. The quantitative estimate of drug-likeness (QED) is 0.693. The highest BCUT2D eigenvalue weighted by Gasteiger charge is 2.22. The van der Waals surface area contributed by atoms with Gasteiger partial charge in [-0.25, -0.2) is 4.98 Å². The first-order valence-corrected chi connectivity index (χ1v) is 4.10. The second-order valence-electron chi connectivity index (χ2n) is 3.08. The zero-order valence-corrected chi connectivity index (χ0v) is 6.73. The number of nitrogens with one attached hydrogen (secondary N) is 1. The summed E-state index contributed by atoms with van der Waals surface area (Å²) >= 11 is 0. The van der Waals surface area contributed by atoms with Crippen LogP contribution in [-0.2, 0) is 11.3 Å². The van der Waals surface area contributed by atoms with Crippen molar-refractivity contribution in [2.24, 2.45) is 0 Å². The van der Waals surface area contributed by atoms with Crippen LogP contribution in [0.2, 0.25) is 0 Å². The molecule has 64 valence electrons. The molecule has 0 atom stereocenters. The monoisotopic (exact) mass is 165 g/mol. The van der Waals surface area contributed by atoms with Crippen molar-refractivity contribution < 1.29 is 4.79 Å². The number of hydrogen-bond acceptors (Lipinski definition) is 2. The Labute approximate surface area is 70.6 Å². The number of rotatable bonds is 3. The van der Waals surface area contributed by atoms with Crippen molar-refractivity contribution in [3.8, 4) is 0 Å². The Morgan fingerprint density at radius 2 is 2.50 bits per heavy atom. The third kappa shape index (κ3) is 1.84. The first-order chi connectivity index (χ1) is 5.84. The van der Waals surface area contributed by atoms with Gasteiger partial charge in [-0.05, 0) is 12.8 Å². The van der Waals surface area contributed by atoms with E-state index < -0.39 is 0 Å². The summed E-state index contributed by atoms with van der Waals surface area (Å²) in [4.78, 5) is 15.1. The van der Waals surface area contributed by atoms with Crippen LogP contribution < -0.4 is 5.32 Å². The molecule has 0 aromatic carbocycles. The van der Waals surface area contributed by atoms with E-state index in [2.05, 4.69) is 10.3 Å². The highest BCUT2D eigenvalue weighted by Crippen LogP contribution is 2.18. The minimum absolute atomic E-state index is 0.0792. The third-order valence-corrected chi connectivity index (χ3v) is 1.83. The number of carbonyl (C=O) groups is 1. The largest absolute Gasteiger partial charge is 0.352 e. The molecule has 1 fully saturated rings. The summed E-state index contributed by atoms with van der Waals surface area (Å²) in [5.74, 6) is 0.0792. The number of hydrogen-bond donors (Lipinski definition) is 1. The molecule has 1 saturated carbocycles. The molecule has 4 heteroatoms. The van der Waals surface area contributed by atoms with E-state index in [1.54, 1.807) is 23.3 Å². The lowest BCUT2D eigenvalue weighted by molar-refractivity contribution is -0.121. The maximum Gasteiger partial charge on any atom is 0.240 e. The predicted molar refractivity (Wildman–Crippen MR) is 43.4 cm³/mol. The van der Waals surface area contributed by atoms with E-state index in [1.165, 1.54) is 0 Å². The summed E-state index contributed by atoms with van der Waals surface area (Å²) in [5.41, 5.74) is 0. The summed E-state index contributed by atoms with van der Waals surface area (Å²) in [6.07, 6.45) is 7.37. The summed E-state index contributed by atoms with van der Waals surface area (Å²) in [6.45, 7) is 0.385. The molecule has 2 rings (SSSR count). The van der Waals surface area contributed by atoms with E-state index in [0.29, 0.717) is 12.6 Å². The fourth-order valence-corrected chi connectivity index (χ4v) is 1.05. The van der Waals surface area contributed by atoms with Crippen LogP contribution in [0.25, 0.3) is 0 Å². The Morgan fingerprint density at radius 1 is 1.67 bits per heavy atom. The van der Waals surface area contributed by atoms with Crippen molar-refractivity contribution in [2.45, 2.75) is 25.4 Å². The molecular weight excluding hydrogens is 154 g/mol. The lowest BCUT2D eigenvalue weighted by Gasteiger charge is -2.02. The average molecular weight is 165 g/mol. The third-order valence-electron chi connectivity index (χ3n) is 1.83. The van der Waals surface area contributed by atoms with Crippen LogP contribution in [0, 0.1) is 0 Å². The van der Waals surface area contributed by atoms with Gasteiger partial charge in [0.1, 0.15) is 6.54 Å². The van der Waals surface area contributed by atoms with Crippen molar-refractivity contribution in [2.75, 3.05) is 0 Å². The van der Waals surface area contributed by atoms with Gasteiger partial charge >= 0.3 is 0 Å². The number of aromatic nitrogens is 2. The number of carbonyl (C=O) groups excluding carboxylic acids is 1. The number of imidazole rings is 1. The molecule has 1 aliphatic carbocycles. The van der Waals surface area contributed by atoms with Crippen LogP contribution in [0.15, 0.2) is 18.7 Å². The van der Waals surface area contributed by atoms with E-state index in [-0.39, 0.29) is 5.91 Å². The predicted octanol–water partition coefficient (Wildman–Crippen LogP) is 0.162. The first-order valence-electron chi connectivity index (χ1n) is 4.10. The van der Waals surface area contributed by atoms with E-state index in [9.17, 15) is 4.79 Å². The number of amides is 1. The minimum atomic E-state index is 0.0792. The van der Waals surface area contributed by atoms with Crippen molar-refractivity contribution in [3.63, 3.8) is 0 Å². The smallest absolute Gasteiger partial charge is 0.240 e. The molecular formula is C8H11N3O. The fraction of sp³-hybridized carbons (Fsp3) is 0.500. The molecule has 1 aromatic rings. The Kier molecular flexibility index (Phi) is 1.81. The highest BCUT2D eigenvalue weighted by molar-refractivity contribution is 5.76. The normalized spacial score (nSPS) is 16.0. The van der Waals surface area contributed by atoms with E-state index in [1.807, 2.05) is 0 Å². The second kappa shape index (κ2) is 2.97. The Hall–Kier alpha value is -1.32. The van der Waals surface area contributed by atoms with E-state index in [4.69, 9.17) is 0 Å². The molecule has 1 heterocycles. The zero-order valence-electron chi connectivity index (χ0n) is 6.73. The second-order valence-corrected chi connectivity index (χ2v) is 3.08. The van der Waals surface area contributed by atoms with Crippen LogP contribution >= 0.6 is 0 Å². The van der Waals surface area contributed by atoms with Gasteiger partial charge in [-0.3, -0.25) is 4.79 Å². The van der Waals surface area contributed by atoms with Crippen LogP contribution in [0.1, 0.15) is 12.8 Å². The first kappa shape index (κ1) is 7.34. The SMILES string of the molecule is O=C(Cn1ccnc1)NC1CC1. The Morgan fingerprint density at radius 3 is 3.08 bits per heavy atom. The van der Waals surface area contributed by atoms with E-state index in [0.717, 1.165) is 12.8 Å². The van der Waals surface area contributed by atoms with Crippen LogP contribution in [-0.4, -0.2) is 21.5 Å². The molecule has 1 N–H and O–H groups in total. The average Bonchev–Trinajstić information content (AvgIpc) is 2.66. The van der Waals surface area contributed by atoms with Gasteiger partial charge in [-0.2, -0.15) is 0 Å². The summed E-state index contributed by atoms with van der Waals surface area (Å²) in [7, 11) is 0. The lowest BCUT2D eigenvalue weighted by atomic mass is 10.5. The molecule has 0 saturated heterocycles. The molecule has 12 heavy (non-hydrogen) atoms. The maximum absolute atomic E-state index is 11.2. The summed E-state index contributed by atoms with van der Waals surface area (Å²) in [5, 5.41) is 2.90. The van der Waals surface area contributed by atoms with Gasteiger partial charge in [0.05, 0.1) is 6.33 Å². The van der Waals surface area contributed by atoms with Gasteiger partial charge < -0.3 is 9.88 Å². The minimum Gasteiger partial charge on any atom is -0.352 e. The van der Waals surface area contributed by atoms with Crippen LogP contribution in [0.5, 0.6) is 0 Å². The molecule has 1 aromatic heterocycles. The Bertz CT molecular complexity index is 264.